The summed E-state index contributed by atoms with van der Waals surface area (Å²) in [6.45, 7) is 6.44. The van der Waals surface area contributed by atoms with Crippen molar-refractivity contribution in [2.24, 2.45) is 5.92 Å². The first-order valence-corrected chi connectivity index (χ1v) is 12.2. The monoisotopic (exact) mass is 466 g/mol. The van der Waals surface area contributed by atoms with E-state index in [9.17, 15) is 4.79 Å². The first-order chi connectivity index (χ1) is 16.7. The molecule has 1 N–H and O–H groups in total. The van der Waals surface area contributed by atoms with Crippen molar-refractivity contribution in [1.29, 1.82) is 0 Å². The number of ether oxygens (including phenoxy) is 3. The van der Waals surface area contributed by atoms with Gasteiger partial charge in [0.1, 0.15) is 19.3 Å². The van der Waals surface area contributed by atoms with Crippen LogP contribution < -0.4 is 15.0 Å². The van der Waals surface area contributed by atoms with Gasteiger partial charge in [-0.2, -0.15) is 0 Å². The number of nitrogens with one attached hydrogen (secondary N) is 1. The van der Waals surface area contributed by atoms with Crippen LogP contribution >= 0.6 is 0 Å². The van der Waals surface area contributed by atoms with E-state index in [1.54, 1.807) is 0 Å². The molecule has 2 fully saturated rings. The van der Waals surface area contributed by atoms with Gasteiger partial charge in [-0.25, -0.2) is 4.68 Å². The Bertz CT molecular complexity index is 1230. The molecule has 34 heavy (non-hydrogen) atoms. The van der Waals surface area contributed by atoms with Crippen LogP contribution in [0.4, 0.5) is 0 Å². The standard InChI is InChI=1S/C24H30N6O4/c1-15-4-6-29(7-5-15)22(23-26-27-28-30(23)14-17-3-2-8-32-17)18-11-16-12-20-21(34-10-9-33-20)13-19(16)25-24(18)31/h11-13,15,17,22H,2-10,14H2,1H3,(H,25,31). The molecule has 3 aliphatic rings. The molecule has 180 valence electrons. The first-order valence-electron chi connectivity index (χ1n) is 12.2. The maximum Gasteiger partial charge on any atom is 0.253 e. The van der Waals surface area contributed by atoms with E-state index in [2.05, 4.69) is 32.3 Å². The number of fused-ring (bicyclic) bond motifs is 2. The minimum atomic E-state index is -0.342. The molecule has 1 aromatic carbocycles. The third kappa shape index (κ3) is 4.05. The molecule has 2 saturated heterocycles. The number of benzene rings is 1. The third-order valence-electron chi connectivity index (χ3n) is 7.22. The van der Waals surface area contributed by atoms with Gasteiger partial charge in [0.15, 0.2) is 17.3 Å². The van der Waals surface area contributed by atoms with E-state index in [1.165, 1.54) is 0 Å². The highest BCUT2D eigenvalue weighted by molar-refractivity contribution is 5.83. The van der Waals surface area contributed by atoms with Gasteiger partial charge in [0, 0.05) is 23.6 Å². The number of nitrogens with zero attached hydrogens (tertiary/aromatic N) is 5. The molecule has 10 nitrogen and oxygen atoms in total. The summed E-state index contributed by atoms with van der Waals surface area (Å²) in [4.78, 5) is 18.9. The zero-order valence-electron chi connectivity index (χ0n) is 19.4. The van der Waals surface area contributed by atoms with Crippen LogP contribution in [0.5, 0.6) is 11.5 Å². The van der Waals surface area contributed by atoms with Crippen LogP contribution in [0.2, 0.25) is 0 Å². The van der Waals surface area contributed by atoms with Crippen molar-refractivity contribution in [1.82, 2.24) is 30.1 Å². The second-order valence-corrected chi connectivity index (χ2v) is 9.61. The van der Waals surface area contributed by atoms with Gasteiger partial charge in [0.2, 0.25) is 0 Å². The molecule has 2 aromatic heterocycles. The Morgan fingerprint density at radius 1 is 1.09 bits per heavy atom. The topological polar surface area (TPSA) is 107 Å². The highest BCUT2D eigenvalue weighted by atomic mass is 16.6. The van der Waals surface area contributed by atoms with Gasteiger partial charge < -0.3 is 19.2 Å². The van der Waals surface area contributed by atoms with Crippen LogP contribution in [0.1, 0.15) is 50.0 Å². The number of hydrogen-bond donors (Lipinski definition) is 1. The van der Waals surface area contributed by atoms with Crippen LogP contribution in [-0.2, 0) is 11.3 Å². The van der Waals surface area contributed by atoms with E-state index in [1.807, 2.05) is 22.9 Å². The zero-order valence-corrected chi connectivity index (χ0v) is 19.4. The quantitative estimate of drug-likeness (QED) is 0.610. The molecule has 0 aliphatic carbocycles. The van der Waals surface area contributed by atoms with Crippen molar-refractivity contribution in [3.8, 4) is 11.5 Å². The number of aromatic amines is 1. The molecule has 2 atom stereocenters. The van der Waals surface area contributed by atoms with Crippen molar-refractivity contribution >= 4 is 10.9 Å². The van der Waals surface area contributed by atoms with Crippen molar-refractivity contribution in [2.45, 2.75) is 51.3 Å². The fourth-order valence-electron chi connectivity index (χ4n) is 5.27. The molecule has 3 aliphatic heterocycles. The molecule has 0 spiro atoms. The highest BCUT2D eigenvalue weighted by Crippen LogP contribution is 2.36. The summed E-state index contributed by atoms with van der Waals surface area (Å²) in [7, 11) is 0. The molecule has 3 aromatic rings. The van der Waals surface area contributed by atoms with Crippen molar-refractivity contribution < 1.29 is 14.2 Å². The van der Waals surface area contributed by atoms with Gasteiger partial charge in [-0.1, -0.05) is 6.92 Å². The molecule has 0 bridgehead atoms. The molecule has 6 rings (SSSR count). The summed E-state index contributed by atoms with van der Waals surface area (Å²) in [5.41, 5.74) is 1.23. The Hall–Kier alpha value is -2.98. The lowest BCUT2D eigenvalue weighted by Crippen LogP contribution is -2.40. The summed E-state index contributed by atoms with van der Waals surface area (Å²) in [5.74, 6) is 2.71. The molecule has 10 heteroatoms. The summed E-state index contributed by atoms with van der Waals surface area (Å²) in [6, 6.07) is 5.40. The smallest absolute Gasteiger partial charge is 0.253 e. The van der Waals surface area contributed by atoms with E-state index in [0.29, 0.717) is 48.6 Å². The van der Waals surface area contributed by atoms with E-state index in [0.717, 1.165) is 56.3 Å². The second-order valence-electron chi connectivity index (χ2n) is 9.61. The maximum atomic E-state index is 13.4. The molecule has 0 radical (unpaired) electrons. The van der Waals surface area contributed by atoms with E-state index >= 15 is 0 Å². The number of rotatable bonds is 5. The van der Waals surface area contributed by atoms with Gasteiger partial charge in [-0.05, 0) is 67.3 Å². The Balaban J connectivity index is 1.43. The van der Waals surface area contributed by atoms with Crippen LogP contribution in [0, 0.1) is 5.92 Å². The van der Waals surface area contributed by atoms with Gasteiger partial charge in [-0.15, -0.1) is 5.10 Å². The number of aromatic nitrogens is 5. The van der Waals surface area contributed by atoms with Gasteiger partial charge in [0.05, 0.1) is 18.2 Å². The number of pyridine rings is 1. The van der Waals surface area contributed by atoms with Crippen molar-refractivity contribution in [2.75, 3.05) is 32.9 Å². The van der Waals surface area contributed by atoms with Crippen molar-refractivity contribution in [3.05, 3.63) is 39.9 Å². The second kappa shape index (κ2) is 8.99. The summed E-state index contributed by atoms with van der Waals surface area (Å²) in [5, 5.41) is 13.6. The molecular weight excluding hydrogens is 436 g/mol. The molecule has 0 amide bonds. The number of likely N-dealkylation sites (tertiary alicyclic amines) is 1. The first kappa shape index (κ1) is 21.5. The minimum Gasteiger partial charge on any atom is -0.486 e. The summed E-state index contributed by atoms with van der Waals surface area (Å²) < 4.78 is 19.1. The maximum absolute atomic E-state index is 13.4. The summed E-state index contributed by atoms with van der Waals surface area (Å²) in [6.07, 6.45) is 4.30. The van der Waals surface area contributed by atoms with Crippen LogP contribution in [0.15, 0.2) is 23.0 Å². The van der Waals surface area contributed by atoms with Gasteiger partial charge in [0.25, 0.3) is 5.56 Å². The lowest BCUT2D eigenvalue weighted by atomic mass is 9.95. The Morgan fingerprint density at radius 2 is 1.88 bits per heavy atom. The lowest BCUT2D eigenvalue weighted by Gasteiger charge is -2.36. The number of piperidine rings is 1. The number of tetrazole rings is 1. The highest BCUT2D eigenvalue weighted by Gasteiger charge is 2.33. The molecule has 0 saturated carbocycles. The zero-order chi connectivity index (χ0) is 23.1. The molecule has 5 heterocycles. The van der Waals surface area contributed by atoms with Gasteiger partial charge in [-0.3, -0.25) is 9.69 Å². The van der Waals surface area contributed by atoms with E-state index in [4.69, 9.17) is 14.2 Å². The third-order valence-corrected chi connectivity index (χ3v) is 7.22. The van der Waals surface area contributed by atoms with Crippen molar-refractivity contribution in [3.63, 3.8) is 0 Å². The average molecular weight is 467 g/mol. The van der Waals surface area contributed by atoms with E-state index < -0.39 is 0 Å². The molecule has 2 unspecified atom stereocenters. The summed E-state index contributed by atoms with van der Waals surface area (Å²) >= 11 is 0. The fraction of sp³-hybridized carbons (Fsp3) is 0.583. The predicted molar refractivity (Wildman–Crippen MR) is 124 cm³/mol. The largest absolute Gasteiger partial charge is 0.486 e. The lowest BCUT2D eigenvalue weighted by molar-refractivity contribution is 0.0894. The number of hydrogen-bond acceptors (Lipinski definition) is 8. The van der Waals surface area contributed by atoms with Crippen LogP contribution in [0.25, 0.3) is 10.9 Å². The SMILES string of the molecule is CC1CCN(C(c2cc3cc4c(cc3[nH]c2=O)OCCO4)c2nnnn2CC2CCCO2)CC1. The normalized spacial score (nSPS) is 22.3. The fourth-order valence-corrected chi connectivity index (χ4v) is 5.27. The Labute approximate surface area is 197 Å². The molecular formula is C24H30N6O4. The average Bonchev–Trinajstić information content (AvgIpc) is 3.52. The predicted octanol–water partition coefficient (Wildman–Crippen LogP) is 2.29. The number of H-pyrrole nitrogens is 1. The van der Waals surface area contributed by atoms with E-state index in [-0.39, 0.29) is 17.7 Å². The minimum absolute atomic E-state index is 0.0998. The van der Waals surface area contributed by atoms with Crippen LogP contribution in [0.3, 0.4) is 0 Å². The Morgan fingerprint density at radius 3 is 2.65 bits per heavy atom. The van der Waals surface area contributed by atoms with Crippen LogP contribution in [-0.4, -0.2) is 69.1 Å². The van der Waals surface area contributed by atoms with Gasteiger partial charge >= 0.3 is 0 Å². The Kier molecular flexibility index (Phi) is 5.70.